The molecule has 30 heavy (non-hydrogen) atoms. The summed E-state index contributed by atoms with van der Waals surface area (Å²) in [6, 6.07) is 6.54. The molecule has 12 heteroatoms. The van der Waals surface area contributed by atoms with E-state index >= 15 is 0 Å². The molecule has 2 saturated heterocycles. The van der Waals surface area contributed by atoms with Crippen molar-refractivity contribution >= 4 is 31.5 Å². The SMILES string of the molecule is CCS(=O)(=O)c1ccc(N2CCN(S(=O)(=O)C3(C(=O)NO)CCOCC3)CC2)cc1. The van der Waals surface area contributed by atoms with Gasteiger partial charge in [0.1, 0.15) is 0 Å². The molecule has 0 aromatic heterocycles. The number of sulfonamides is 1. The third-order valence-electron chi connectivity index (χ3n) is 5.83. The van der Waals surface area contributed by atoms with Crippen LogP contribution in [0.4, 0.5) is 5.69 Å². The van der Waals surface area contributed by atoms with E-state index in [0.29, 0.717) is 13.1 Å². The van der Waals surface area contributed by atoms with Crippen molar-refractivity contribution in [1.29, 1.82) is 0 Å². The van der Waals surface area contributed by atoms with Crippen LogP contribution in [0.15, 0.2) is 29.2 Å². The average molecular weight is 462 g/mol. The molecule has 0 bridgehead atoms. The number of carbonyl (C=O) groups excluding carboxylic acids is 1. The number of benzene rings is 1. The molecule has 168 valence electrons. The molecule has 2 N–H and O–H groups in total. The van der Waals surface area contributed by atoms with Gasteiger partial charge < -0.3 is 9.64 Å². The van der Waals surface area contributed by atoms with Crippen molar-refractivity contribution in [2.24, 2.45) is 0 Å². The zero-order valence-electron chi connectivity index (χ0n) is 16.8. The Bertz CT molecular complexity index is 964. The van der Waals surface area contributed by atoms with Gasteiger partial charge >= 0.3 is 0 Å². The van der Waals surface area contributed by atoms with E-state index in [1.165, 1.54) is 9.79 Å². The molecule has 0 unspecified atom stereocenters. The topological polar surface area (TPSA) is 133 Å². The van der Waals surface area contributed by atoms with Gasteiger partial charge in [-0.3, -0.25) is 10.0 Å². The fraction of sp³-hybridized carbons (Fsp3) is 0.611. The molecule has 2 aliphatic rings. The monoisotopic (exact) mass is 461 g/mol. The number of hydroxylamine groups is 1. The van der Waals surface area contributed by atoms with Gasteiger partial charge in [0.2, 0.25) is 10.0 Å². The van der Waals surface area contributed by atoms with Gasteiger partial charge in [-0.2, -0.15) is 4.31 Å². The van der Waals surface area contributed by atoms with Crippen molar-refractivity contribution in [1.82, 2.24) is 9.79 Å². The van der Waals surface area contributed by atoms with Crippen LogP contribution < -0.4 is 10.4 Å². The Balaban J connectivity index is 1.73. The maximum Gasteiger partial charge on any atom is 0.266 e. The number of hydrogen-bond acceptors (Lipinski definition) is 8. The highest BCUT2D eigenvalue weighted by Gasteiger charge is 2.54. The van der Waals surface area contributed by atoms with Crippen molar-refractivity contribution in [3.63, 3.8) is 0 Å². The second-order valence-electron chi connectivity index (χ2n) is 7.34. The van der Waals surface area contributed by atoms with Gasteiger partial charge in [-0.1, -0.05) is 6.92 Å². The summed E-state index contributed by atoms with van der Waals surface area (Å²) in [5, 5.41) is 9.13. The molecule has 1 aromatic carbocycles. The molecular formula is C18H27N3O7S2. The number of sulfone groups is 1. The minimum atomic E-state index is -4.02. The third-order valence-corrected chi connectivity index (χ3v) is 10.2. The first-order chi connectivity index (χ1) is 14.2. The first kappa shape index (κ1) is 22.9. The van der Waals surface area contributed by atoms with Crippen molar-refractivity contribution in [3.8, 4) is 0 Å². The van der Waals surface area contributed by atoms with Crippen LogP contribution in [-0.2, 0) is 29.4 Å². The number of amides is 1. The predicted molar refractivity (Wildman–Crippen MR) is 110 cm³/mol. The van der Waals surface area contributed by atoms with Crippen LogP contribution in [-0.4, -0.2) is 82.1 Å². The third kappa shape index (κ3) is 4.06. The molecule has 10 nitrogen and oxygen atoms in total. The largest absolute Gasteiger partial charge is 0.381 e. The molecule has 1 amide bonds. The van der Waals surface area contributed by atoms with Gasteiger partial charge in [0, 0.05) is 57.9 Å². The maximum absolute atomic E-state index is 13.3. The number of carbonyl (C=O) groups is 1. The molecule has 2 heterocycles. The minimum absolute atomic E-state index is 0.0185. The lowest BCUT2D eigenvalue weighted by Gasteiger charge is -2.42. The minimum Gasteiger partial charge on any atom is -0.381 e. The summed E-state index contributed by atoms with van der Waals surface area (Å²) in [6.07, 6.45) is -0.0371. The summed E-state index contributed by atoms with van der Waals surface area (Å²) >= 11 is 0. The van der Waals surface area contributed by atoms with Crippen LogP contribution in [0.5, 0.6) is 0 Å². The van der Waals surface area contributed by atoms with Crippen LogP contribution in [0.1, 0.15) is 19.8 Å². The summed E-state index contributed by atoms with van der Waals surface area (Å²) in [5.74, 6) is -0.905. The Labute approximate surface area is 176 Å². The standard InChI is InChI=1S/C18H27N3O7S2/c1-2-29(24,25)16-5-3-15(4-6-16)20-9-11-21(12-10-20)30(26,27)18(17(22)19-23)7-13-28-14-8-18/h3-6,23H,2,7-14H2,1H3,(H,19,22). The first-order valence-electron chi connectivity index (χ1n) is 9.78. The molecule has 0 spiro atoms. The fourth-order valence-corrected chi connectivity index (χ4v) is 6.85. The summed E-state index contributed by atoms with van der Waals surface area (Å²) in [4.78, 5) is 14.5. The van der Waals surface area contributed by atoms with Crippen LogP contribution in [0.2, 0.25) is 0 Å². The molecule has 3 rings (SSSR count). The van der Waals surface area contributed by atoms with E-state index < -0.39 is 30.5 Å². The van der Waals surface area contributed by atoms with E-state index in [4.69, 9.17) is 9.94 Å². The number of nitrogens with one attached hydrogen (secondary N) is 1. The zero-order chi connectivity index (χ0) is 22.0. The van der Waals surface area contributed by atoms with Crippen molar-refractivity contribution in [2.45, 2.75) is 29.4 Å². The normalized spacial score (nSPS) is 20.7. The Morgan fingerprint density at radius 2 is 1.63 bits per heavy atom. The Morgan fingerprint density at radius 3 is 2.13 bits per heavy atom. The molecule has 0 atom stereocenters. The lowest BCUT2D eigenvalue weighted by atomic mass is 9.98. The van der Waals surface area contributed by atoms with E-state index in [0.717, 1.165) is 5.69 Å². The van der Waals surface area contributed by atoms with Crippen molar-refractivity contribution in [3.05, 3.63) is 24.3 Å². The van der Waals surface area contributed by atoms with Crippen LogP contribution in [0.3, 0.4) is 0 Å². The highest BCUT2D eigenvalue weighted by atomic mass is 32.2. The molecule has 0 aliphatic carbocycles. The molecule has 0 saturated carbocycles. The van der Waals surface area contributed by atoms with E-state index in [1.54, 1.807) is 31.2 Å². The fourth-order valence-electron chi connectivity index (χ4n) is 3.87. The highest BCUT2D eigenvalue weighted by Crippen LogP contribution is 2.34. The summed E-state index contributed by atoms with van der Waals surface area (Å²) in [5.41, 5.74) is 2.32. The van der Waals surface area contributed by atoms with E-state index in [9.17, 15) is 21.6 Å². The molecule has 2 fully saturated rings. The van der Waals surface area contributed by atoms with Gasteiger partial charge in [0.15, 0.2) is 14.6 Å². The Morgan fingerprint density at radius 1 is 1.07 bits per heavy atom. The van der Waals surface area contributed by atoms with Crippen LogP contribution in [0, 0.1) is 0 Å². The zero-order valence-corrected chi connectivity index (χ0v) is 18.4. The summed E-state index contributed by atoms with van der Waals surface area (Å²) in [7, 11) is -7.30. The maximum atomic E-state index is 13.3. The van der Waals surface area contributed by atoms with Crippen molar-refractivity contribution < 1.29 is 31.6 Å². The van der Waals surface area contributed by atoms with Gasteiger partial charge in [-0.25, -0.2) is 22.3 Å². The second-order valence-corrected chi connectivity index (χ2v) is 11.9. The molecule has 1 aromatic rings. The number of nitrogens with zero attached hydrogens (tertiary/aromatic N) is 2. The van der Waals surface area contributed by atoms with Gasteiger partial charge in [-0.05, 0) is 24.3 Å². The Kier molecular flexibility index (Phi) is 6.72. The smallest absolute Gasteiger partial charge is 0.266 e. The lowest BCUT2D eigenvalue weighted by Crippen LogP contribution is -2.62. The first-order valence-corrected chi connectivity index (χ1v) is 12.9. The summed E-state index contributed by atoms with van der Waals surface area (Å²) < 4.78 is 55.3. The number of rotatable bonds is 6. The van der Waals surface area contributed by atoms with E-state index in [2.05, 4.69) is 0 Å². The van der Waals surface area contributed by atoms with Gasteiger partial charge in [-0.15, -0.1) is 0 Å². The molecule has 0 radical (unpaired) electrons. The molecular weight excluding hydrogens is 434 g/mol. The van der Waals surface area contributed by atoms with Crippen molar-refractivity contribution in [2.75, 3.05) is 50.0 Å². The number of piperazine rings is 1. The molecule has 2 aliphatic heterocycles. The van der Waals surface area contributed by atoms with Gasteiger partial charge in [0.25, 0.3) is 5.91 Å². The Hall–Kier alpha value is -1.73. The highest BCUT2D eigenvalue weighted by molar-refractivity contribution is 7.91. The lowest BCUT2D eigenvalue weighted by molar-refractivity contribution is -0.134. The number of hydrogen-bond donors (Lipinski definition) is 2. The second kappa shape index (κ2) is 8.79. The predicted octanol–water partition coefficient (Wildman–Crippen LogP) is -0.0134. The van der Waals surface area contributed by atoms with Crippen LogP contribution in [0.25, 0.3) is 0 Å². The van der Waals surface area contributed by atoms with E-state index in [1.807, 2.05) is 4.90 Å². The number of ether oxygens (including phenoxy) is 1. The summed E-state index contributed by atoms with van der Waals surface area (Å²) in [6.45, 7) is 2.99. The van der Waals surface area contributed by atoms with Crippen LogP contribution >= 0.6 is 0 Å². The van der Waals surface area contributed by atoms with E-state index in [-0.39, 0.29) is 49.8 Å². The van der Waals surface area contributed by atoms with Gasteiger partial charge in [0.05, 0.1) is 10.6 Å². The quantitative estimate of drug-likeness (QED) is 0.446. The average Bonchev–Trinajstić information content (AvgIpc) is 2.79. The number of anilines is 1.